The first-order valence-corrected chi connectivity index (χ1v) is 5.98. The lowest BCUT2D eigenvalue weighted by Crippen LogP contribution is -2.30. The molecule has 6 nitrogen and oxygen atoms in total. The molecule has 0 unspecified atom stereocenters. The zero-order chi connectivity index (χ0) is 13.5. The lowest BCUT2D eigenvalue weighted by atomic mass is 10.3. The van der Waals surface area contributed by atoms with Crippen molar-refractivity contribution in [3.8, 4) is 5.75 Å². The number of anilines is 1. The van der Waals surface area contributed by atoms with E-state index in [2.05, 4.69) is 15.3 Å². The molecule has 0 aliphatic heterocycles. The van der Waals surface area contributed by atoms with Gasteiger partial charge in [0.25, 0.3) is 5.91 Å². The lowest BCUT2D eigenvalue weighted by Gasteiger charge is -2.08. The van der Waals surface area contributed by atoms with Gasteiger partial charge in [0.05, 0.1) is 5.69 Å². The highest BCUT2D eigenvalue weighted by molar-refractivity contribution is 5.77. The van der Waals surface area contributed by atoms with Crippen LogP contribution < -0.4 is 15.8 Å². The van der Waals surface area contributed by atoms with Crippen molar-refractivity contribution in [2.45, 2.75) is 6.42 Å². The summed E-state index contributed by atoms with van der Waals surface area (Å²) in [6, 6.07) is 7.07. The number of ether oxygens (including phenoxy) is 1. The zero-order valence-corrected chi connectivity index (χ0v) is 10.4. The maximum atomic E-state index is 11.5. The summed E-state index contributed by atoms with van der Waals surface area (Å²) in [6.45, 7) is 0.465. The average molecular weight is 260 g/mol. The Labute approximate surface area is 111 Å². The minimum Gasteiger partial charge on any atom is -0.482 e. The van der Waals surface area contributed by atoms with Crippen LogP contribution in [0.1, 0.15) is 5.82 Å². The number of nitrogens with one attached hydrogen (secondary N) is 2. The van der Waals surface area contributed by atoms with E-state index in [9.17, 15) is 4.79 Å². The molecular weight excluding hydrogens is 244 g/mol. The number of nitrogens with two attached hydrogens (primary N) is 1. The van der Waals surface area contributed by atoms with Gasteiger partial charge in [-0.1, -0.05) is 12.1 Å². The summed E-state index contributed by atoms with van der Waals surface area (Å²) in [7, 11) is 0. The van der Waals surface area contributed by atoms with Crippen molar-refractivity contribution < 1.29 is 9.53 Å². The second kappa shape index (κ2) is 6.44. The predicted octanol–water partition coefficient (Wildman–Crippen LogP) is 0.730. The first kappa shape index (κ1) is 12.9. The zero-order valence-electron chi connectivity index (χ0n) is 10.4. The molecule has 0 saturated carbocycles. The van der Waals surface area contributed by atoms with Crippen LogP contribution in [0.3, 0.4) is 0 Å². The standard InChI is InChI=1S/C13H16N4O2/c14-10-3-1-2-4-11(10)19-9-13(18)17-6-5-12-15-7-8-16-12/h1-4,7-8H,5-6,9,14H2,(H,15,16)(H,17,18). The Morgan fingerprint density at radius 2 is 2.26 bits per heavy atom. The van der Waals surface area contributed by atoms with Crippen molar-refractivity contribution in [1.82, 2.24) is 15.3 Å². The number of amides is 1. The quantitative estimate of drug-likeness (QED) is 0.667. The predicted molar refractivity (Wildman–Crippen MR) is 71.7 cm³/mol. The Morgan fingerprint density at radius 3 is 3.00 bits per heavy atom. The number of para-hydroxylation sites is 2. The van der Waals surface area contributed by atoms with E-state index in [1.54, 1.807) is 30.6 Å². The number of imidazole rings is 1. The van der Waals surface area contributed by atoms with Gasteiger partial charge in [-0.3, -0.25) is 4.79 Å². The topological polar surface area (TPSA) is 93.0 Å². The molecular formula is C13H16N4O2. The van der Waals surface area contributed by atoms with Crippen LogP contribution in [-0.4, -0.2) is 29.0 Å². The molecule has 0 radical (unpaired) electrons. The highest BCUT2D eigenvalue weighted by Gasteiger charge is 2.04. The summed E-state index contributed by atoms with van der Waals surface area (Å²) < 4.78 is 5.33. The fraction of sp³-hybridized carbons (Fsp3) is 0.231. The highest BCUT2D eigenvalue weighted by Crippen LogP contribution is 2.19. The summed E-state index contributed by atoms with van der Waals surface area (Å²) in [5.74, 6) is 1.17. The van der Waals surface area contributed by atoms with Crippen molar-refractivity contribution in [2.24, 2.45) is 0 Å². The summed E-state index contributed by atoms with van der Waals surface area (Å²) in [4.78, 5) is 18.6. The maximum Gasteiger partial charge on any atom is 0.257 e. The van der Waals surface area contributed by atoms with E-state index >= 15 is 0 Å². The molecule has 0 aliphatic carbocycles. The molecule has 19 heavy (non-hydrogen) atoms. The van der Waals surface area contributed by atoms with Crippen LogP contribution in [0, 0.1) is 0 Å². The van der Waals surface area contributed by atoms with Gasteiger partial charge >= 0.3 is 0 Å². The van der Waals surface area contributed by atoms with Crippen LogP contribution in [0.2, 0.25) is 0 Å². The molecule has 0 atom stereocenters. The molecule has 2 rings (SSSR count). The van der Waals surface area contributed by atoms with Gasteiger partial charge in [0.2, 0.25) is 0 Å². The molecule has 0 spiro atoms. The average Bonchev–Trinajstić information content (AvgIpc) is 2.91. The molecule has 100 valence electrons. The van der Waals surface area contributed by atoms with Crippen LogP contribution in [0.15, 0.2) is 36.7 Å². The van der Waals surface area contributed by atoms with Crippen molar-refractivity contribution in [1.29, 1.82) is 0 Å². The van der Waals surface area contributed by atoms with Crippen molar-refractivity contribution in [3.05, 3.63) is 42.5 Å². The normalized spacial score (nSPS) is 10.1. The van der Waals surface area contributed by atoms with E-state index in [0.717, 1.165) is 5.82 Å². The summed E-state index contributed by atoms with van der Waals surface area (Å²) in [5, 5.41) is 2.75. The summed E-state index contributed by atoms with van der Waals surface area (Å²) in [5.41, 5.74) is 6.22. The van der Waals surface area contributed by atoms with Crippen molar-refractivity contribution in [3.63, 3.8) is 0 Å². The number of H-pyrrole nitrogens is 1. The van der Waals surface area contributed by atoms with Crippen LogP contribution in [0.25, 0.3) is 0 Å². The largest absolute Gasteiger partial charge is 0.482 e. The number of benzene rings is 1. The van der Waals surface area contributed by atoms with Crippen molar-refractivity contribution in [2.75, 3.05) is 18.9 Å². The second-order valence-corrected chi connectivity index (χ2v) is 3.96. The number of nitrogen functional groups attached to an aromatic ring is 1. The van der Waals surface area contributed by atoms with Gasteiger partial charge < -0.3 is 20.8 Å². The third-order valence-electron chi connectivity index (χ3n) is 2.52. The Bertz CT molecular complexity index is 525. The molecule has 6 heteroatoms. The molecule has 2 aromatic rings. The molecule has 0 aliphatic rings. The number of aromatic amines is 1. The van der Waals surface area contributed by atoms with Gasteiger partial charge in [-0.15, -0.1) is 0 Å². The van der Waals surface area contributed by atoms with E-state index in [1.165, 1.54) is 0 Å². The Kier molecular flexibility index (Phi) is 4.39. The van der Waals surface area contributed by atoms with E-state index in [-0.39, 0.29) is 12.5 Å². The molecule has 1 amide bonds. The number of hydrogen-bond acceptors (Lipinski definition) is 4. The molecule has 1 aromatic carbocycles. The van der Waals surface area contributed by atoms with E-state index in [1.807, 2.05) is 6.07 Å². The monoisotopic (exact) mass is 260 g/mol. The Balaban J connectivity index is 1.69. The fourth-order valence-electron chi connectivity index (χ4n) is 1.56. The third kappa shape index (κ3) is 4.02. The van der Waals surface area contributed by atoms with Gasteiger partial charge in [-0.05, 0) is 12.1 Å². The Morgan fingerprint density at radius 1 is 1.42 bits per heavy atom. The molecule has 1 heterocycles. The number of carbonyl (C=O) groups excluding carboxylic acids is 1. The minimum atomic E-state index is -0.185. The number of rotatable bonds is 6. The highest BCUT2D eigenvalue weighted by atomic mass is 16.5. The fourth-order valence-corrected chi connectivity index (χ4v) is 1.56. The van der Waals surface area contributed by atoms with Gasteiger partial charge in [0, 0.05) is 25.4 Å². The van der Waals surface area contributed by atoms with Crippen LogP contribution >= 0.6 is 0 Å². The summed E-state index contributed by atoms with van der Waals surface area (Å²) in [6.07, 6.45) is 4.09. The van der Waals surface area contributed by atoms with Crippen molar-refractivity contribution >= 4 is 11.6 Å². The molecule has 0 fully saturated rings. The van der Waals surface area contributed by atoms with Gasteiger partial charge in [-0.25, -0.2) is 4.98 Å². The molecule has 1 aromatic heterocycles. The van der Waals surface area contributed by atoms with E-state index in [0.29, 0.717) is 24.4 Å². The number of carbonyl (C=O) groups is 1. The molecule has 4 N–H and O–H groups in total. The minimum absolute atomic E-state index is 0.0492. The molecule has 0 saturated heterocycles. The molecule has 0 bridgehead atoms. The van der Waals surface area contributed by atoms with Crippen LogP contribution in [-0.2, 0) is 11.2 Å². The van der Waals surface area contributed by atoms with Crippen LogP contribution in [0.4, 0.5) is 5.69 Å². The Hall–Kier alpha value is -2.50. The van der Waals surface area contributed by atoms with Gasteiger partial charge in [0.1, 0.15) is 11.6 Å². The number of aromatic nitrogens is 2. The van der Waals surface area contributed by atoms with Gasteiger partial charge in [0.15, 0.2) is 6.61 Å². The number of hydrogen-bond donors (Lipinski definition) is 3. The van der Waals surface area contributed by atoms with Gasteiger partial charge in [-0.2, -0.15) is 0 Å². The van der Waals surface area contributed by atoms with E-state index < -0.39 is 0 Å². The SMILES string of the molecule is Nc1ccccc1OCC(=O)NCCc1ncc[nH]1. The second-order valence-electron chi connectivity index (χ2n) is 3.96. The maximum absolute atomic E-state index is 11.5. The first-order chi connectivity index (χ1) is 9.25. The van der Waals surface area contributed by atoms with Crippen LogP contribution in [0.5, 0.6) is 5.75 Å². The third-order valence-corrected chi connectivity index (χ3v) is 2.52. The number of nitrogens with zero attached hydrogens (tertiary/aromatic N) is 1. The van der Waals surface area contributed by atoms with E-state index in [4.69, 9.17) is 10.5 Å². The lowest BCUT2D eigenvalue weighted by molar-refractivity contribution is -0.123. The smallest absolute Gasteiger partial charge is 0.257 e. The first-order valence-electron chi connectivity index (χ1n) is 5.98. The summed E-state index contributed by atoms with van der Waals surface area (Å²) >= 11 is 0.